The molecule has 76 heavy (non-hydrogen) atoms. The molecule has 0 fully saturated rings. The van der Waals surface area contributed by atoms with Gasteiger partial charge in [0, 0.05) is 84.1 Å². The van der Waals surface area contributed by atoms with Gasteiger partial charge in [-0.1, -0.05) is 78.9 Å². The molecule has 0 saturated carbocycles. The quantitative estimate of drug-likeness (QED) is 0.0297. The van der Waals surface area contributed by atoms with Gasteiger partial charge in [-0.15, -0.1) is 0 Å². The van der Waals surface area contributed by atoms with Crippen LogP contribution in [-0.4, -0.2) is 87.4 Å². The Bertz CT molecular complexity index is 3900. The lowest BCUT2D eigenvalue weighted by Gasteiger charge is -2.27. The maximum absolute atomic E-state index is 14.3. The average Bonchev–Trinajstić information content (AvgIpc) is 3.37. The molecule has 23 heteroatoms. The number of carbonyl (C=O) groups is 2. The second-order valence-corrected chi connectivity index (χ2v) is 23.3. The number of hydrogen-bond donors (Lipinski definition) is 5. The minimum atomic E-state index is -4.77. The number of amides is 1. The van der Waals surface area contributed by atoms with Gasteiger partial charge in [-0.05, 0) is 83.8 Å². The number of aliphatic carboxylic acids is 1. The summed E-state index contributed by atoms with van der Waals surface area (Å²) in [5.74, 6) is -1.18. The molecule has 5 N–H and O–H groups in total. The highest BCUT2D eigenvalue weighted by atomic mass is 32.2. The van der Waals surface area contributed by atoms with Gasteiger partial charge in [0.1, 0.15) is 11.3 Å². The van der Waals surface area contributed by atoms with Crippen LogP contribution in [0.15, 0.2) is 182 Å². The third kappa shape index (κ3) is 12.7. The maximum Gasteiger partial charge on any atom is 0.303 e. The van der Waals surface area contributed by atoms with Gasteiger partial charge in [-0.25, -0.2) is 4.58 Å². The molecule has 6 aromatic rings. The normalized spacial score (nSPS) is 12.2. The third-order valence-electron chi connectivity index (χ3n) is 12.5. The van der Waals surface area contributed by atoms with E-state index in [9.17, 15) is 66.6 Å². The fourth-order valence-corrected chi connectivity index (χ4v) is 11.2. The third-order valence-corrected chi connectivity index (χ3v) is 16.1. The molecule has 1 aliphatic carbocycles. The van der Waals surface area contributed by atoms with Crippen molar-refractivity contribution >= 4 is 69.0 Å². The van der Waals surface area contributed by atoms with Gasteiger partial charge in [-0.3, -0.25) is 27.8 Å². The standard InChI is InChI=1S/C53H47N3O16S4/c1-54(28-8-15-51(57)58)53(59)44-12-5-4-11-43(44)52-45-26-20-39(55(31-35-16-22-41(23-17-35)73(60,61)62)32-36-18-24-42(25-19-36)74(63,64)65)29-47(45)72-48-30-40(21-27-46(48)52)56(33-37-9-2-6-13-49(37)75(66,67)68)34-38-10-3-7-14-50(38)76(69,70)71/h2-7,9-14,16-27,29-30H,8,15,28,31-34H2,1H3,(H4-,57,58,60,61,62,63,64,65,66,67,68,69,70,71)/p+1. The van der Waals surface area contributed by atoms with Crippen molar-refractivity contribution in [1.82, 2.24) is 9.48 Å². The molecule has 0 bridgehead atoms. The van der Waals surface area contributed by atoms with E-state index in [1.54, 1.807) is 84.7 Å². The molecule has 1 heterocycles. The van der Waals surface area contributed by atoms with E-state index in [0.29, 0.717) is 44.2 Å². The summed E-state index contributed by atoms with van der Waals surface area (Å²) in [7, 11) is -17.0. The first kappa shape index (κ1) is 54.6. The smallest absolute Gasteiger partial charge is 0.303 e. The van der Waals surface area contributed by atoms with E-state index in [1.165, 1.54) is 89.8 Å². The largest absolute Gasteiger partial charge is 0.481 e. The molecule has 1 aliphatic heterocycles. The molecule has 2 aliphatic rings. The van der Waals surface area contributed by atoms with Crippen LogP contribution in [0.1, 0.15) is 45.5 Å². The summed E-state index contributed by atoms with van der Waals surface area (Å²) in [6.45, 7) is -0.121. The molecule has 0 saturated heterocycles. The van der Waals surface area contributed by atoms with Gasteiger partial charge in [0.2, 0.25) is 5.36 Å². The van der Waals surface area contributed by atoms with Crippen molar-refractivity contribution in [2.24, 2.45) is 0 Å². The molecule has 0 atom stereocenters. The van der Waals surface area contributed by atoms with Crippen LogP contribution in [0.5, 0.6) is 0 Å². The number of nitrogens with zero attached hydrogens (tertiary/aromatic N) is 3. The summed E-state index contributed by atoms with van der Waals surface area (Å²) in [6, 6.07) is 39.5. The van der Waals surface area contributed by atoms with Crippen LogP contribution in [0.2, 0.25) is 0 Å². The minimum absolute atomic E-state index is 0.110. The number of fused-ring (bicyclic) bond motifs is 2. The Kier molecular flexibility index (Phi) is 15.8. The van der Waals surface area contributed by atoms with Crippen LogP contribution in [-0.2, 0) is 71.4 Å². The van der Waals surface area contributed by atoms with E-state index in [-0.39, 0.29) is 83.4 Å². The summed E-state index contributed by atoms with van der Waals surface area (Å²) in [5.41, 5.74) is 3.75. The molecular weight excluding hydrogens is 1060 g/mol. The van der Waals surface area contributed by atoms with Crippen LogP contribution in [0.25, 0.3) is 33.4 Å². The van der Waals surface area contributed by atoms with Crippen LogP contribution in [0.4, 0.5) is 5.69 Å². The van der Waals surface area contributed by atoms with E-state index in [0.717, 1.165) is 0 Å². The fourth-order valence-electron chi connectivity index (χ4n) is 8.85. The molecule has 8 rings (SSSR count). The number of carboxylic acid groups (broad SMARTS) is 1. The van der Waals surface area contributed by atoms with Crippen molar-refractivity contribution in [2.75, 3.05) is 18.5 Å². The molecule has 0 spiro atoms. The first-order valence-electron chi connectivity index (χ1n) is 23.0. The number of carbonyl (C=O) groups excluding carboxylic acids is 1. The highest BCUT2D eigenvalue weighted by Gasteiger charge is 2.27. The number of hydrogen-bond acceptors (Lipinski definition) is 12. The second-order valence-electron chi connectivity index (χ2n) is 17.7. The zero-order chi connectivity index (χ0) is 54.7. The molecule has 394 valence electrons. The fraction of sp³-hybridized carbons (Fsp3) is 0.151. The van der Waals surface area contributed by atoms with Crippen LogP contribution < -0.4 is 14.8 Å². The SMILES string of the molecule is CN(CCCC(=O)O)C(=O)c1ccccc1-c1c2ccc(=[N+](Cc3ccc(S(=O)(=O)O)cc3)Cc3ccc(S(=O)(=O)O)cc3)cc-2oc2cc(N(Cc3ccccc3S(=O)(=O)O)Cc3ccccc3S(=O)(=O)O)ccc12. The molecule has 1 amide bonds. The Morgan fingerprint density at radius 3 is 1.59 bits per heavy atom. The summed E-state index contributed by atoms with van der Waals surface area (Å²) < 4.78 is 147. The van der Waals surface area contributed by atoms with Gasteiger partial charge in [0.15, 0.2) is 13.1 Å². The molecule has 0 radical (unpaired) electrons. The Balaban J connectivity index is 1.38. The first-order valence-corrected chi connectivity index (χ1v) is 28.7. The summed E-state index contributed by atoms with van der Waals surface area (Å²) in [4.78, 5) is 27.3. The van der Waals surface area contributed by atoms with Crippen molar-refractivity contribution in [3.8, 4) is 22.5 Å². The van der Waals surface area contributed by atoms with Gasteiger partial charge in [-0.2, -0.15) is 33.7 Å². The van der Waals surface area contributed by atoms with E-state index in [4.69, 9.17) is 4.42 Å². The lowest BCUT2D eigenvalue weighted by atomic mass is 9.90. The van der Waals surface area contributed by atoms with E-state index in [1.807, 2.05) is 4.58 Å². The molecule has 6 aromatic carbocycles. The summed E-state index contributed by atoms with van der Waals surface area (Å²) >= 11 is 0. The van der Waals surface area contributed by atoms with E-state index < -0.39 is 62.1 Å². The Morgan fingerprint density at radius 2 is 1.08 bits per heavy atom. The molecule has 0 aromatic heterocycles. The van der Waals surface area contributed by atoms with Gasteiger partial charge >= 0.3 is 5.97 Å². The van der Waals surface area contributed by atoms with Crippen molar-refractivity contribution in [2.45, 2.75) is 58.6 Å². The molecular formula is C53H48N3O16S4+. The first-order chi connectivity index (χ1) is 35.8. The lowest BCUT2D eigenvalue weighted by molar-refractivity contribution is -0.137. The Morgan fingerprint density at radius 1 is 0.566 bits per heavy atom. The van der Waals surface area contributed by atoms with Crippen molar-refractivity contribution in [3.05, 3.63) is 191 Å². The number of rotatable bonds is 19. The van der Waals surface area contributed by atoms with Crippen molar-refractivity contribution in [3.63, 3.8) is 0 Å². The topological polar surface area (TPSA) is 294 Å². The predicted octanol–water partition coefficient (Wildman–Crippen LogP) is 7.51. The van der Waals surface area contributed by atoms with Crippen molar-refractivity contribution in [1.29, 1.82) is 0 Å². The highest BCUT2D eigenvalue weighted by molar-refractivity contribution is 7.86. The van der Waals surface area contributed by atoms with Crippen LogP contribution >= 0.6 is 0 Å². The lowest BCUT2D eigenvalue weighted by Crippen LogP contribution is -2.29. The average molecular weight is 1110 g/mol. The van der Waals surface area contributed by atoms with E-state index >= 15 is 0 Å². The van der Waals surface area contributed by atoms with Crippen LogP contribution in [0.3, 0.4) is 0 Å². The maximum atomic E-state index is 14.3. The van der Waals surface area contributed by atoms with Crippen molar-refractivity contribution < 1.29 is 71.0 Å². The summed E-state index contributed by atoms with van der Waals surface area (Å²) in [6.07, 6.45) is 0.0229. The molecule has 19 nitrogen and oxygen atoms in total. The second kappa shape index (κ2) is 21.9. The molecule has 0 unspecified atom stereocenters. The van der Waals surface area contributed by atoms with Gasteiger partial charge in [0.25, 0.3) is 46.4 Å². The number of carboxylic acids is 1. The van der Waals surface area contributed by atoms with Gasteiger partial charge in [0.05, 0.1) is 25.6 Å². The predicted molar refractivity (Wildman–Crippen MR) is 280 cm³/mol. The zero-order valence-electron chi connectivity index (χ0n) is 40.2. The Labute approximate surface area is 437 Å². The zero-order valence-corrected chi connectivity index (χ0v) is 43.4. The monoisotopic (exact) mass is 1110 g/mol. The Hall–Kier alpha value is -7.61. The summed E-state index contributed by atoms with van der Waals surface area (Å²) in [5, 5.41) is 10.3. The highest BCUT2D eigenvalue weighted by Crippen LogP contribution is 2.43. The number of anilines is 1. The number of benzene rings is 7. The minimum Gasteiger partial charge on any atom is -0.481 e. The van der Waals surface area contributed by atoms with Crippen LogP contribution in [0, 0.1) is 0 Å². The van der Waals surface area contributed by atoms with Gasteiger partial charge < -0.3 is 19.3 Å². The van der Waals surface area contributed by atoms with E-state index in [2.05, 4.69) is 0 Å².